The number of carbonyl (C=O) groups excluding carboxylic acids is 1. The fourth-order valence-electron chi connectivity index (χ4n) is 1.79. The van der Waals surface area contributed by atoms with Crippen molar-refractivity contribution in [1.82, 2.24) is 5.32 Å². The lowest BCUT2D eigenvalue weighted by Crippen LogP contribution is -2.36. The highest BCUT2D eigenvalue weighted by molar-refractivity contribution is 5.82. The van der Waals surface area contributed by atoms with E-state index in [1.54, 1.807) is 0 Å². The van der Waals surface area contributed by atoms with E-state index in [0.717, 1.165) is 18.7 Å². The topological polar surface area (TPSA) is 29.1 Å². The molecule has 0 spiro atoms. The summed E-state index contributed by atoms with van der Waals surface area (Å²) in [6.45, 7) is 1.60. The van der Waals surface area contributed by atoms with Gasteiger partial charge in [-0.3, -0.25) is 4.79 Å². The molecule has 0 aromatic heterocycles. The van der Waals surface area contributed by atoms with E-state index in [-0.39, 0.29) is 5.92 Å². The maximum absolute atomic E-state index is 11.5. The number of nitrogens with one attached hydrogen (secondary N) is 1. The highest BCUT2D eigenvalue weighted by atomic mass is 16.1. The molecule has 1 aliphatic heterocycles. The molecule has 0 amide bonds. The summed E-state index contributed by atoms with van der Waals surface area (Å²) in [6.07, 6.45) is 1.32. The molecule has 16 heavy (non-hydrogen) atoms. The standard InChI is InChI=1S/C14H15NO/c16-14-9-10-15-11-13(14)8-4-7-12-5-2-1-3-6-12/h1-3,5-6,13,15H,8-11H2. The second-order valence-electron chi connectivity index (χ2n) is 3.99. The molecule has 1 atom stereocenters. The third-order valence-electron chi connectivity index (χ3n) is 2.75. The van der Waals surface area contributed by atoms with Crippen LogP contribution in [0.15, 0.2) is 30.3 Å². The maximum Gasteiger partial charge on any atom is 0.139 e. The normalized spacial score (nSPS) is 20.0. The second-order valence-corrected chi connectivity index (χ2v) is 3.99. The summed E-state index contributed by atoms with van der Waals surface area (Å²) in [6, 6.07) is 9.87. The van der Waals surface area contributed by atoms with Crippen molar-refractivity contribution < 1.29 is 4.79 Å². The number of rotatable bonds is 1. The summed E-state index contributed by atoms with van der Waals surface area (Å²) in [5.74, 6) is 6.61. The molecule has 2 heteroatoms. The van der Waals surface area contributed by atoms with Crippen molar-refractivity contribution in [2.75, 3.05) is 13.1 Å². The fourth-order valence-corrected chi connectivity index (χ4v) is 1.79. The Labute approximate surface area is 96.1 Å². The first-order valence-electron chi connectivity index (χ1n) is 5.63. The van der Waals surface area contributed by atoms with E-state index >= 15 is 0 Å². The Bertz CT molecular complexity index is 413. The third kappa shape index (κ3) is 2.95. The smallest absolute Gasteiger partial charge is 0.139 e. The fraction of sp³-hybridized carbons (Fsp3) is 0.357. The Morgan fingerprint density at radius 2 is 2.12 bits per heavy atom. The lowest BCUT2D eigenvalue weighted by molar-refractivity contribution is -0.123. The zero-order valence-electron chi connectivity index (χ0n) is 9.20. The number of benzene rings is 1. The van der Waals surface area contributed by atoms with E-state index in [4.69, 9.17) is 0 Å². The van der Waals surface area contributed by atoms with Crippen LogP contribution in [0.3, 0.4) is 0 Å². The van der Waals surface area contributed by atoms with Crippen molar-refractivity contribution in [2.24, 2.45) is 5.92 Å². The van der Waals surface area contributed by atoms with Gasteiger partial charge < -0.3 is 5.32 Å². The summed E-state index contributed by atoms with van der Waals surface area (Å²) in [5.41, 5.74) is 1.01. The molecule has 0 bridgehead atoms. The Morgan fingerprint density at radius 1 is 1.31 bits per heavy atom. The van der Waals surface area contributed by atoms with Gasteiger partial charge in [0.15, 0.2) is 0 Å². The predicted octanol–water partition coefficient (Wildman–Crippen LogP) is 1.61. The molecule has 1 fully saturated rings. The van der Waals surface area contributed by atoms with E-state index in [9.17, 15) is 4.79 Å². The average Bonchev–Trinajstić information content (AvgIpc) is 2.33. The first-order valence-corrected chi connectivity index (χ1v) is 5.63. The molecule has 0 aliphatic carbocycles. The summed E-state index contributed by atoms with van der Waals surface area (Å²) < 4.78 is 0. The number of hydrogen-bond donors (Lipinski definition) is 1. The summed E-state index contributed by atoms with van der Waals surface area (Å²) in [7, 11) is 0. The van der Waals surface area contributed by atoms with E-state index in [0.29, 0.717) is 18.6 Å². The molecule has 1 heterocycles. The lowest BCUT2D eigenvalue weighted by atomic mass is 9.95. The molecule has 1 saturated heterocycles. The molecule has 1 N–H and O–H groups in total. The molecular formula is C14H15NO. The Kier molecular flexibility index (Phi) is 3.74. The van der Waals surface area contributed by atoms with Crippen LogP contribution in [0, 0.1) is 17.8 Å². The van der Waals surface area contributed by atoms with Crippen molar-refractivity contribution >= 4 is 5.78 Å². The number of carbonyl (C=O) groups is 1. The summed E-state index contributed by atoms with van der Waals surface area (Å²) in [5, 5.41) is 3.23. The predicted molar refractivity (Wildman–Crippen MR) is 63.9 cm³/mol. The van der Waals surface area contributed by atoms with Gasteiger partial charge >= 0.3 is 0 Å². The molecule has 0 radical (unpaired) electrons. The van der Waals surface area contributed by atoms with E-state index in [1.165, 1.54) is 0 Å². The first-order chi connectivity index (χ1) is 7.86. The van der Waals surface area contributed by atoms with Crippen LogP contribution >= 0.6 is 0 Å². The number of hydrogen-bond acceptors (Lipinski definition) is 2. The van der Waals surface area contributed by atoms with Crippen LogP contribution in [0.1, 0.15) is 18.4 Å². The molecule has 1 aliphatic rings. The molecular weight excluding hydrogens is 198 g/mol. The largest absolute Gasteiger partial charge is 0.316 e. The molecule has 0 saturated carbocycles. The van der Waals surface area contributed by atoms with Gasteiger partial charge in [0.05, 0.1) is 0 Å². The SMILES string of the molecule is O=C1CCNCC1CC#Cc1ccccc1. The van der Waals surface area contributed by atoms with Crippen LogP contribution in [0.5, 0.6) is 0 Å². The highest BCUT2D eigenvalue weighted by Crippen LogP contribution is 2.09. The van der Waals surface area contributed by atoms with Gasteiger partial charge in [-0.15, -0.1) is 0 Å². The van der Waals surface area contributed by atoms with Gasteiger partial charge in [-0.25, -0.2) is 0 Å². The minimum absolute atomic E-state index is 0.0879. The Hall–Kier alpha value is -1.59. The van der Waals surface area contributed by atoms with Gasteiger partial charge in [-0.1, -0.05) is 30.0 Å². The monoisotopic (exact) mass is 213 g/mol. The minimum Gasteiger partial charge on any atom is -0.316 e. The van der Waals surface area contributed by atoms with E-state index in [2.05, 4.69) is 17.2 Å². The zero-order chi connectivity index (χ0) is 11.2. The molecule has 1 aromatic rings. The van der Waals surface area contributed by atoms with Crippen LogP contribution in [0.2, 0.25) is 0 Å². The molecule has 1 unspecified atom stereocenters. The van der Waals surface area contributed by atoms with Crippen molar-refractivity contribution in [3.05, 3.63) is 35.9 Å². The Morgan fingerprint density at radius 3 is 2.88 bits per heavy atom. The van der Waals surface area contributed by atoms with Gasteiger partial charge in [0.25, 0.3) is 0 Å². The van der Waals surface area contributed by atoms with Gasteiger partial charge in [0, 0.05) is 37.4 Å². The molecule has 1 aromatic carbocycles. The number of piperidine rings is 1. The lowest BCUT2D eigenvalue weighted by Gasteiger charge is -2.19. The van der Waals surface area contributed by atoms with Gasteiger partial charge in [-0.2, -0.15) is 0 Å². The number of Topliss-reactive ketones (excluding diaryl/α,β-unsaturated/α-hetero) is 1. The van der Waals surface area contributed by atoms with Crippen LogP contribution in [0.25, 0.3) is 0 Å². The summed E-state index contributed by atoms with van der Waals surface area (Å²) >= 11 is 0. The van der Waals surface area contributed by atoms with E-state index < -0.39 is 0 Å². The second kappa shape index (κ2) is 5.48. The highest BCUT2D eigenvalue weighted by Gasteiger charge is 2.20. The van der Waals surface area contributed by atoms with Gasteiger partial charge in [-0.05, 0) is 12.1 Å². The molecule has 2 rings (SSSR count). The zero-order valence-corrected chi connectivity index (χ0v) is 9.20. The van der Waals surface area contributed by atoms with E-state index in [1.807, 2.05) is 30.3 Å². The van der Waals surface area contributed by atoms with Crippen molar-refractivity contribution in [2.45, 2.75) is 12.8 Å². The maximum atomic E-state index is 11.5. The van der Waals surface area contributed by atoms with Crippen molar-refractivity contribution in [3.8, 4) is 11.8 Å². The van der Waals surface area contributed by atoms with Crippen LogP contribution in [0.4, 0.5) is 0 Å². The van der Waals surface area contributed by atoms with Crippen LogP contribution in [-0.2, 0) is 4.79 Å². The minimum atomic E-state index is 0.0879. The molecule has 2 nitrogen and oxygen atoms in total. The van der Waals surface area contributed by atoms with Crippen molar-refractivity contribution in [3.63, 3.8) is 0 Å². The third-order valence-corrected chi connectivity index (χ3v) is 2.75. The first kappa shape index (κ1) is 10.9. The average molecular weight is 213 g/mol. The van der Waals surface area contributed by atoms with Crippen molar-refractivity contribution in [1.29, 1.82) is 0 Å². The number of ketones is 1. The van der Waals surface area contributed by atoms with Gasteiger partial charge in [0.2, 0.25) is 0 Å². The Balaban J connectivity index is 1.92. The van der Waals surface area contributed by atoms with Crippen LogP contribution in [-0.4, -0.2) is 18.9 Å². The van der Waals surface area contributed by atoms with Gasteiger partial charge in [0.1, 0.15) is 5.78 Å². The molecule has 82 valence electrons. The van der Waals surface area contributed by atoms with Crippen LogP contribution < -0.4 is 5.32 Å². The quantitative estimate of drug-likeness (QED) is 0.718. The summed E-state index contributed by atoms with van der Waals surface area (Å²) in [4.78, 5) is 11.5.